The molecule has 2 heterocycles. The highest BCUT2D eigenvalue weighted by Crippen LogP contribution is 2.23. The summed E-state index contributed by atoms with van der Waals surface area (Å²) in [5.74, 6) is -1.27. The van der Waals surface area contributed by atoms with Crippen LogP contribution in [-0.2, 0) is 6.54 Å². The average molecular weight is 411 g/mol. The first-order chi connectivity index (χ1) is 14.4. The van der Waals surface area contributed by atoms with Gasteiger partial charge in [-0.25, -0.2) is 18.3 Å². The lowest BCUT2D eigenvalue weighted by atomic mass is 10.1. The molecule has 1 atom stereocenters. The van der Waals surface area contributed by atoms with Gasteiger partial charge in [-0.1, -0.05) is 12.1 Å². The predicted molar refractivity (Wildman–Crippen MR) is 111 cm³/mol. The Labute approximate surface area is 173 Å². The third-order valence-electron chi connectivity index (χ3n) is 5.37. The van der Waals surface area contributed by atoms with Crippen LogP contribution in [0, 0.1) is 18.6 Å². The Bertz CT molecular complexity index is 1060. The third kappa shape index (κ3) is 3.91. The average Bonchev–Trinajstić information content (AvgIpc) is 3.32. The largest absolute Gasteiger partial charge is 0.336 e. The van der Waals surface area contributed by atoms with Gasteiger partial charge in [0.05, 0.1) is 6.20 Å². The smallest absolute Gasteiger partial charge is 0.321 e. The molecular formula is C22H23F2N5O. The number of benzene rings is 2. The lowest BCUT2D eigenvalue weighted by Gasteiger charge is -2.16. The minimum atomic E-state index is -0.653. The second-order valence-electron chi connectivity index (χ2n) is 7.35. The summed E-state index contributed by atoms with van der Waals surface area (Å²) in [6.07, 6.45) is 1.70. The van der Waals surface area contributed by atoms with Crippen molar-refractivity contribution in [1.82, 2.24) is 20.4 Å². The quantitative estimate of drug-likeness (QED) is 0.648. The van der Waals surface area contributed by atoms with Gasteiger partial charge in [-0.2, -0.15) is 5.10 Å². The number of halogens is 2. The van der Waals surface area contributed by atoms with E-state index in [1.807, 2.05) is 38.1 Å². The number of nitrogens with zero attached hydrogens (tertiary/aromatic N) is 3. The van der Waals surface area contributed by atoms with Gasteiger partial charge in [0, 0.05) is 48.7 Å². The van der Waals surface area contributed by atoms with E-state index in [4.69, 9.17) is 0 Å². The number of carbonyl (C=O) groups is 1. The van der Waals surface area contributed by atoms with Gasteiger partial charge in [0.1, 0.15) is 11.5 Å². The van der Waals surface area contributed by atoms with Crippen LogP contribution in [0.25, 0.3) is 5.69 Å². The molecular weight excluding hydrogens is 388 g/mol. The molecule has 0 bridgehead atoms. The molecule has 1 aliphatic heterocycles. The summed E-state index contributed by atoms with van der Waals surface area (Å²) < 4.78 is 28.8. The molecule has 0 spiro atoms. The third-order valence-corrected chi connectivity index (χ3v) is 5.37. The van der Waals surface area contributed by atoms with Crippen LogP contribution in [0.15, 0.2) is 48.7 Å². The second kappa shape index (κ2) is 8.23. The highest BCUT2D eigenvalue weighted by Gasteiger charge is 2.21. The van der Waals surface area contributed by atoms with Crippen LogP contribution in [0.5, 0.6) is 0 Å². The maximum absolute atomic E-state index is 14.1. The van der Waals surface area contributed by atoms with Crippen molar-refractivity contribution in [3.63, 3.8) is 0 Å². The van der Waals surface area contributed by atoms with E-state index in [1.54, 1.807) is 11.1 Å². The summed E-state index contributed by atoms with van der Waals surface area (Å²) in [5, 5.41) is 10.5. The minimum absolute atomic E-state index is 0.0219. The van der Waals surface area contributed by atoms with Crippen molar-refractivity contribution in [3.8, 4) is 5.69 Å². The van der Waals surface area contributed by atoms with E-state index in [9.17, 15) is 13.6 Å². The van der Waals surface area contributed by atoms with Crippen LogP contribution in [0.1, 0.15) is 29.8 Å². The van der Waals surface area contributed by atoms with E-state index >= 15 is 0 Å². The molecule has 0 aliphatic carbocycles. The molecule has 4 rings (SSSR count). The van der Waals surface area contributed by atoms with Gasteiger partial charge < -0.3 is 10.6 Å². The molecule has 1 aromatic heterocycles. The van der Waals surface area contributed by atoms with Crippen molar-refractivity contribution in [3.05, 3.63) is 77.1 Å². The number of aromatic nitrogens is 2. The molecule has 0 radical (unpaired) electrons. The summed E-state index contributed by atoms with van der Waals surface area (Å²) in [6, 6.07) is 11.2. The Morgan fingerprint density at radius 1 is 1.20 bits per heavy atom. The SMILES string of the molecule is Cc1c([C@@H](C)NCc2ccc(N3CCNC3=O)cc2)cnn1-c1ccc(F)cc1F. The minimum Gasteiger partial charge on any atom is -0.336 e. The number of urea groups is 1. The Kier molecular flexibility index (Phi) is 5.50. The van der Waals surface area contributed by atoms with Crippen molar-refractivity contribution in [2.24, 2.45) is 0 Å². The molecule has 1 fully saturated rings. The summed E-state index contributed by atoms with van der Waals surface area (Å²) in [4.78, 5) is 13.5. The highest BCUT2D eigenvalue weighted by molar-refractivity contribution is 5.93. The van der Waals surface area contributed by atoms with Gasteiger partial charge in [0.2, 0.25) is 0 Å². The Morgan fingerprint density at radius 3 is 2.63 bits per heavy atom. The fraction of sp³-hybridized carbons (Fsp3) is 0.273. The van der Waals surface area contributed by atoms with E-state index in [0.717, 1.165) is 28.6 Å². The van der Waals surface area contributed by atoms with Crippen LogP contribution in [0.4, 0.5) is 19.3 Å². The summed E-state index contributed by atoms with van der Waals surface area (Å²) >= 11 is 0. The first-order valence-corrected chi connectivity index (χ1v) is 9.81. The molecule has 2 aromatic carbocycles. The Morgan fingerprint density at radius 2 is 1.97 bits per heavy atom. The zero-order chi connectivity index (χ0) is 21.3. The van der Waals surface area contributed by atoms with Crippen molar-refractivity contribution >= 4 is 11.7 Å². The van der Waals surface area contributed by atoms with Gasteiger partial charge in [-0.15, -0.1) is 0 Å². The number of hydrogen-bond acceptors (Lipinski definition) is 3. The molecule has 2 N–H and O–H groups in total. The highest BCUT2D eigenvalue weighted by atomic mass is 19.1. The second-order valence-corrected chi connectivity index (χ2v) is 7.35. The van der Waals surface area contributed by atoms with E-state index in [2.05, 4.69) is 15.7 Å². The van der Waals surface area contributed by atoms with Crippen LogP contribution >= 0.6 is 0 Å². The predicted octanol–water partition coefficient (Wildman–Crippen LogP) is 3.84. The van der Waals surface area contributed by atoms with Crippen LogP contribution in [-0.4, -0.2) is 28.9 Å². The lowest BCUT2D eigenvalue weighted by Crippen LogP contribution is -2.27. The summed E-state index contributed by atoms with van der Waals surface area (Å²) in [7, 11) is 0. The molecule has 2 amide bonds. The van der Waals surface area contributed by atoms with E-state index in [-0.39, 0.29) is 17.8 Å². The fourth-order valence-corrected chi connectivity index (χ4v) is 3.64. The van der Waals surface area contributed by atoms with Gasteiger partial charge in [0.15, 0.2) is 5.82 Å². The lowest BCUT2D eigenvalue weighted by molar-refractivity contribution is 0.252. The van der Waals surface area contributed by atoms with Gasteiger partial charge in [0.25, 0.3) is 0 Å². The number of rotatable bonds is 6. The first kappa shape index (κ1) is 20.0. The van der Waals surface area contributed by atoms with E-state index in [1.165, 1.54) is 16.8 Å². The number of hydrogen-bond donors (Lipinski definition) is 2. The fourth-order valence-electron chi connectivity index (χ4n) is 3.64. The first-order valence-electron chi connectivity index (χ1n) is 9.81. The van der Waals surface area contributed by atoms with E-state index in [0.29, 0.717) is 19.6 Å². The molecule has 1 saturated heterocycles. The van der Waals surface area contributed by atoms with Crippen LogP contribution in [0.3, 0.4) is 0 Å². The number of anilines is 1. The Balaban J connectivity index is 1.43. The van der Waals surface area contributed by atoms with Crippen LogP contribution in [0.2, 0.25) is 0 Å². The number of nitrogens with one attached hydrogen (secondary N) is 2. The molecule has 30 heavy (non-hydrogen) atoms. The molecule has 3 aromatic rings. The van der Waals surface area contributed by atoms with Crippen molar-refractivity contribution < 1.29 is 13.6 Å². The summed E-state index contributed by atoms with van der Waals surface area (Å²) in [5.41, 5.74) is 3.90. The molecule has 0 unspecified atom stereocenters. The molecule has 0 saturated carbocycles. The number of amides is 2. The number of carbonyl (C=O) groups excluding carboxylic acids is 1. The topological polar surface area (TPSA) is 62.2 Å². The molecule has 1 aliphatic rings. The normalized spacial score (nSPS) is 14.8. The maximum Gasteiger partial charge on any atom is 0.321 e. The zero-order valence-corrected chi connectivity index (χ0v) is 16.8. The monoisotopic (exact) mass is 411 g/mol. The van der Waals surface area contributed by atoms with Crippen LogP contribution < -0.4 is 15.5 Å². The standard InChI is InChI=1S/C22H23F2N5O/c1-14(19-13-27-29(15(19)2)21-8-5-17(23)11-20(21)24)26-12-16-3-6-18(7-4-16)28-10-9-25-22(28)30/h3-8,11,13-14,26H,9-10,12H2,1-2H3,(H,25,30)/t14-/m1/s1. The van der Waals surface area contributed by atoms with E-state index < -0.39 is 11.6 Å². The summed E-state index contributed by atoms with van der Waals surface area (Å²) in [6.45, 7) is 5.83. The van der Waals surface area contributed by atoms with Gasteiger partial charge in [-0.3, -0.25) is 4.90 Å². The Hall–Kier alpha value is -3.26. The van der Waals surface area contributed by atoms with Gasteiger partial charge >= 0.3 is 6.03 Å². The molecule has 156 valence electrons. The van der Waals surface area contributed by atoms with Crippen molar-refractivity contribution in [2.75, 3.05) is 18.0 Å². The molecule has 6 nitrogen and oxygen atoms in total. The van der Waals surface area contributed by atoms with Gasteiger partial charge in [-0.05, 0) is 43.7 Å². The maximum atomic E-state index is 14.1. The van der Waals surface area contributed by atoms with Crippen molar-refractivity contribution in [2.45, 2.75) is 26.4 Å². The molecule has 8 heteroatoms. The zero-order valence-electron chi connectivity index (χ0n) is 16.8. The van der Waals surface area contributed by atoms with Crippen molar-refractivity contribution in [1.29, 1.82) is 0 Å².